The van der Waals surface area contributed by atoms with E-state index >= 15 is 0 Å². The van der Waals surface area contributed by atoms with Gasteiger partial charge in [0.1, 0.15) is 17.0 Å². The molecule has 24 heavy (non-hydrogen) atoms. The Labute approximate surface area is 144 Å². The Morgan fingerprint density at radius 1 is 1.21 bits per heavy atom. The fourth-order valence-electron chi connectivity index (χ4n) is 3.14. The van der Waals surface area contributed by atoms with E-state index < -0.39 is 0 Å². The molecule has 6 heteroatoms. The standard InChI is InChI=1S/C18H18N4OS/c23-18(13-5-2-1-3-6-13)22-9-4-7-14(11-22)21-16-15-8-10-24-17(15)20-12-19-16/h1-3,5-6,8,10,12,14H,4,7,9,11H2,(H,19,20,21)/t14-/m1/s1. The number of nitrogens with one attached hydrogen (secondary N) is 1. The fourth-order valence-corrected chi connectivity index (χ4v) is 3.87. The minimum atomic E-state index is 0.102. The fraction of sp³-hybridized carbons (Fsp3) is 0.278. The van der Waals surface area contributed by atoms with Crippen molar-refractivity contribution in [2.24, 2.45) is 0 Å². The Kier molecular flexibility index (Phi) is 4.13. The summed E-state index contributed by atoms with van der Waals surface area (Å²) < 4.78 is 0. The van der Waals surface area contributed by atoms with E-state index in [0.717, 1.165) is 41.0 Å². The van der Waals surface area contributed by atoms with Gasteiger partial charge in [-0.05, 0) is 36.4 Å². The van der Waals surface area contributed by atoms with Crippen LogP contribution in [0.2, 0.25) is 0 Å². The van der Waals surface area contributed by atoms with Crippen molar-refractivity contribution in [3.63, 3.8) is 0 Å². The predicted molar refractivity (Wildman–Crippen MR) is 96.4 cm³/mol. The first-order chi connectivity index (χ1) is 11.8. The van der Waals surface area contributed by atoms with Crippen molar-refractivity contribution in [1.82, 2.24) is 14.9 Å². The van der Waals surface area contributed by atoms with Gasteiger partial charge in [-0.15, -0.1) is 11.3 Å². The van der Waals surface area contributed by atoms with Crippen molar-refractivity contribution in [2.45, 2.75) is 18.9 Å². The SMILES string of the molecule is O=C(c1ccccc1)N1CCC[C@@H](Nc2ncnc3sccc23)C1. The van der Waals surface area contributed by atoms with Gasteiger partial charge < -0.3 is 10.2 Å². The molecule has 1 saturated heterocycles. The summed E-state index contributed by atoms with van der Waals surface area (Å²) in [5.74, 6) is 0.964. The molecule has 122 valence electrons. The van der Waals surface area contributed by atoms with Gasteiger partial charge >= 0.3 is 0 Å². The number of piperidine rings is 1. The third-order valence-corrected chi connectivity index (χ3v) is 5.15. The molecule has 1 fully saturated rings. The molecule has 0 saturated carbocycles. The topological polar surface area (TPSA) is 58.1 Å². The average Bonchev–Trinajstić information content (AvgIpc) is 3.12. The Hall–Kier alpha value is -2.47. The lowest BCUT2D eigenvalue weighted by molar-refractivity contribution is 0.0715. The first-order valence-corrected chi connectivity index (χ1v) is 8.98. The quantitative estimate of drug-likeness (QED) is 0.795. The highest BCUT2D eigenvalue weighted by Gasteiger charge is 2.25. The highest BCUT2D eigenvalue weighted by atomic mass is 32.1. The molecule has 5 nitrogen and oxygen atoms in total. The van der Waals surface area contributed by atoms with E-state index in [1.807, 2.05) is 46.7 Å². The molecule has 1 amide bonds. The van der Waals surface area contributed by atoms with Gasteiger partial charge in [-0.1, -0.05) is 18.2 Å². The number of hydrogen-bond donors (Lipinski definition) is 1. The summed E-state index contributed by atoms with van der Waals surface area (Å²) in [5.41, 5.74) is 0.750. The number of carbonyl (C=O) groups excluding carboxylic acids is 1. The van der Waals surface area contributed by atoms with Gasteiger partial charge in [0.05, 0.1) is 5.39 Å². The minimum absolute atomic E-state index is 0.102. The maximum Gasteiger partial charge on any atom is 0.253 e. The second-order valence-electron chi connectivity index (χ2n) is 5.96. The third-order valence-electron chi connectivity index (χ3n) is 4.33. The largest absolute Gasteiger partial charge is 0.365 e. The molecule has 1 N–H and O–H groups in total. The zero-order chi connectivity index (χ0) is 16.4. The van der Waals surface area contributed by atoms with Gasteiger partial charge in [-0.2, -0.15) is 0 Å². The van der Waals surface area contributed by atoms with Gasteiger partial charge in [0, 0.05) is 24.7 Å². The summed E-state index contributed by atoms with van der Waals surface area (Å²) in [4.78, 5) is 24.2. The van der Waals surface area contributed by atoms with Gasteiger partial charge in [0.15, 0.2) is 0 Å². The van der Waals surface area contributed by atoms with Crippen molar-refractivity contribution in [3.05, 3.63) is 53.7 Å². The van der Waals surface area contributed by atoms with E-state index in [2.05, 4.69) is 15.3 Å². The highest BCUT2D eigenvalue weighted by molar-refractivity contribution is 7.16. The Morgan fingerprint density at radius 2 is 2.08 bits per heavy atom. The Balaban J connectivity index is 1.49. The Bertz CT molecular complexity index is 848. The molecule has 1 atom stereocenters. The van der Waals surface area contributed by atoms with Crippen LogP contribution in [0.5, 0.6) is 0 Å². The number of thiophene rings is 1. The summed E-state index contributed by atoms with van der Waals surface area (Å²) in [5, 5.41) is 6.58. The second kappa shape index (κ2) is 6.57. The summed E-state index contributed by atoms with van der Waals surface area (Å²) in [7, 11) is 0. The lowest BCUT2D eigenvalue weighted by Gasteiger charge is -2.33. The van der Waals surface area contributed by atoms with E-state index in [-0.39, 0.29) is 11.9 Å². The van der Waals surface area contributed by atoms with Crippen molar-refractivity contribution < 1.29 is 4.79 Å². The van der Waals surface area contributed by atoms with Crippen LogP contribution in [0.25, 0.3) is 10.2 Å². The van der Waals surface area contributed by atoms with Crippen LogP contribution in [-0.4, -0.2) is 39.9 Å². The van der Waals surface area contributed by atoms with Crippen LogP contribution in [-0.2, 0) is 0 Å². The summed E-state index contributed by atoms with van der Waals surface area (Å²) >= 11 is 1.61. The monoisotopic (exact) mass is 338 g/mol. The van der Waals surface area contributed by atoms with E-state index in [1.165, 1.54) is 0 Å². The smallest absolute Gasteiger partial charge is 0.253 e. The zero-order valence-electron chi connectivity index (χ0n) is 13.2. The molecule has 2 aromatic heterocycles. The molecule has 3 aromatic rings. The number of hydrogen-bond acceptors (Lipinski definition) is 5. The first kappa shape index (κ1) is 15.1. The molecule has 0 spiro atoms. The summed E-state index contributed by atoms with van der Waals surface area (Å²) in [6, 6.07) is 11.7. The van der Waals surface area contributed by atoms with E-state index in [1.54, 1.807) is 17.7 Å². The number of anilines is 1. The van der Waals surface area contributed by atoms with Crippen molar-refractivity contribution >= 4 is 33.3 Å². The van der Waals surface area contributed by atoms with Gasteiger partial charge in [-0.3, -0.25) is 4.79 Å². The molecule has 1 aromatic carbocycles. The van der Waals surface area contributed by atoms with Crippen LogP contribution >= 0.6 is 11.3 Å². The lowest BCUT2D eigenvalue weighted by Crippen LogP contribution is -2.45. The minimum Gasteiger partial charge on any atom is -0.365 e. The molecule has 1 aliphatic rings. The number of rotatable bonds is 3. The molecular formula is C18H18N4OS. The molecule has 0 bridgehead atoms. The van der Waals surface area contributed by atoms with Crippen molar-refractivity contribution in [3.8, 4) is 0 Å². The van der Waals surface area contributed by atoms with Crippen LogP contribution in [0.15, 0.2) is 48.1 Å². The lowest BCUT2D eigenvalue weighted by atomic mass is 10.0. The van der Waals surface area contributed by atoms with Crippen LogP contribution in [0.3, 0.4) is 0 Å². The van der Waals surface area contributed by atoms with Crippen molar-refractivity contribution in [1.29, 1.82) is 0 Å². The molecule has 3 heterocycles. The van der Waals surface area contributed by atoms with Gasteiger partial charge in [0.2, 0.25) is 0 Å². The van der Waals surface area contributed by atoms with Crippen LogP contribution in [0.4, 0.5) is 5.82 Å². The van der Waals surface area contributed by atoms with Gasteiger partial charge in [-0.25, -0.2) is 9.97 Å². The summed E-state index contributed by atoms with van der Waals surface area (Å²) in [6.45, 7) is 1.51. The molecule has 0 unspecified atom stereocenters. The molecule has 0 aliphatic carbocycles. The van der Waals surface area contributed by atoms with Crippen LogP contribution in [0.1, 0.15) is 23.2 Å². The average molecular weight is 338 g/mol. The van der Waals surface area contributed by atoms with E-state index in [0.29, 0.717) is 6.54 Å². The number of benzene rings is 1. The highest BCUT2D eigenvalue weighted by Crippen LogP contribution is 2.25. The van der Waals surface area contributed by atoms with Crippen molar-refractivity contribution in [2.75, 3.05) is 18.4 Å². The maximum atomic E-state index is 12.6. The molecular weight excluding hydrogens is 320 g/mol. The van der Waals surface area contributed by atoms with Gasteiger partial charge in [0.25, 0.3) is 5.91 Å². The van der Waals surface area contributed by atoms with Crippen LogP contribution < -0.4 is 5.32 Å². The maximum absolute atomic E-state index is 12.6. The normalized spacial score (nSPS) is 17.8. The predicted octanol–water partition coefficient (Wildman–Crippen LogP) is 3.41. The molecule has 4 rings (SSSR count). The first-order valence-electron chi connectivity index (χ1n) is 8.10. The summed E-state index contributed by atoms with van der Waals surface area (Å²) in [6.07, 6.45) is 3.62. The number of nitrogens with zero attached hydrogens (tertiary/aromatic N) is 3. The zero-order valence-corrected chi connectivity index (χ0v) is 14.0. The number of likely N-dealkylation sites (tertiary alicyclic amines) is 1. The molecule has 0 radical (unpaired) electrons. The number of carbonyl (C=O) groups is 1. The third kappa shape index (κ3) is 2.97. The molecule has 1 aliphatic heterocycles. The van der Waals surface area contributed by atoms with E-state index in [4.69, 9.17) is 0 Å². The second-order valence-corrected chi connectivity index (χ2v) is 6.86. The number of amides is 1. The number of fused-ring (bicyclic) bond motifs is 1. The Morgan fingerprint density at radius 3 is 2.96 bits per heavy atom. The van der Waals surface area contributed by atoms with Crippen LogP contribution in [0, 0.1) is 0 Å². The number of aromatic nitrogens is 2. The van der Waals surface area contributed by atoms with E-state index in [9.17, 15) is 4.79 Å².